The molecule has 1 fully saturated rings. The average Bonchev–Trinajstić information content (AvgIpc) is 3.45. The van der Waals surface area contributed by atoms with Crippen LogP contribution in [-0.4, -0.2) is 45.3 Å². The van der Waals surface area contributed by atoms with Crippen LogP contribution in [0.15, 0.2) is 90.0 Å². The number of aromatic nitrogens is 2. The fourth-order valence-corrected chi connectivity index (χ4v) is 4.81. The molecule has 43 heavy (non-hydrogen) atoms. The minimum atomic E-state index is -0.774. The van der Waals surface area contributed by atoms with Crippen LogP contribution in [0.4, 0.5) is 5.82 Å². The van der Waals surface area contributed by atoms with Crippen molar-refractivity contribution in [3.05, 3.63) is 95.7 Å². The summed E-state index contributed by atoms with van der Waals surface area (Å²) < 4.78 is 12.5. The standard InChI is InChI=1S/C33H46N4O5S/c1-3-4-5-6-7-8-9-10-11-12-13-14-15-16-17-18-19-20-21-22-29(38)35-27(2)32(39)41-25-31-42-30(26-43-31)37-24-23-28(34)36-33(37)40/h4-5,7-8,10-11,13-14,16-17,19-20,23-24,27,30-31H,3,6,9,12,15,18,21-22,25-26H2,1-2H3,(H,35,38)(H2,34,36,40)/b5-4-,8-7-,11-10-,14-13-,17-16-,20-19-/t27?,30-,31+/m0/s1. The van der Waals surface area contributed by atoms with Crippen molar-refractivity contribution < 1.29 is 19.1 Å². The predicted octanol–water partition coefficient (Wildman–Crippen LogP) is 5.94. The van der Waals surface area contributed by atoms with E-state index in [4.69, 9.17) is 15.2 Å². The zero-order valence-corrected chi connectivity index (χ0v) is 26.1. The first kappa shape index (κ1) is 35.6. The lowest BCUT2D eigenvalue weighted by Gasteiger charge is -2.16. The number of nitrogen functional groups attached to an aromatic ring is 1. The quantitative estimate of drug-likeness (QED) is 0.146. The van der Waals surface area contributed by atoms with Crippen LogP contribution in [0.2, 0.25) is 0 Å². The molecule has 1 aliphatic rings. The van der Waals surface area contributed by atoms with E-state index >= 15 is 0 Å². The second kappa shape index (κ2) is 22.0. The van der Waals surface area contributed by atoms with E-state index < -0.39 is 29.4 Å². The summed E-state index contributed by atoms with van der Waals surface area (Å²) in [5, 5.41) is 2.67. The van der Waals surface area contributed by atoms with Crippen molar-refractivity contribution in [3.63, 3.8) is 0 Å². The molecule has 0 bridgehead atoms. The summed E-state index contributed by atoms with van der Waals surface area (Å²) in [4.78, 5) is 40.2. The van der Waals surface area contributed by atoms with Gasteiger partial charge in [0.05, 0.1) is 0 Å². The van der Waals surface area contributed by atoms with Crippen LogP contribution >= 0.6 is 11.8 Å². The van der Waals surface area contributed by atoms with E-state index in [0.29, 0.717) is 12.2 Å². The topological polar surface area (TPSA) is 126 Å². The highest BCUT2D eigenvalue weighted by Gasteiger charge is 2.29. The SMILES string of the molecule is CC/C=C\C/C=C\C/C=C\C/C=C\C/C=C\C/C=C\CCC(=O)NC(C)C(=O)OC[C@@H]1O[C@H](n2ccc(N)nc2=O)CS1. The highest BCUT2D eigenvalue weighted by Crippen LogP contribution is 2.31. The summed E-state index contributed by atoms with van der Waals surface area (Å²) >= 11 is 1.43. The van der Waals surface area contributed by atoms with Crippen molar-refractivity contribution in [3.8, 4) is 0 Å². The molecule has 1 aromatic heterocycles. The number of hydrogen-bond acceptors (Lipinski definition) is 8. The fourth-order valence-electron chi connectivity index (χ4n) is 3.82. The van der Waals surface area contributed by atoms with E-state index in [1.54, 1.807) is 6.92 Å². The van der Waals surface area contributed by atoms with Gasteiger partial charge in [0, 0.05) is 18.4 Å². The van der Waals surface area contributed by atoms with E-state index in [0.717, 1.165) is 38.5 Å². The van der Waals surface area contributed by atoms with Crippen LogP contribution in [0.3, 0.4) is 0 Å². The molecule has 3 N–H and O–H groups in total. The van der Waals surface area contributed by atoms with Crippen molar-refractivity contribution in [1.82, 2.24) is 14.9 Å². The van der Waals surface area contributed by atoms with Crippen molar-refractivity contribution in [2.75, 3.05) is 18.1 Å². The molecule has 2 heterocycles. The summed E-state index contributed by atoms with van der Waals surface area (Å²) in [6.07, 6.45) is 33.3. The third-order valence-corrected chi connectivity index (χ3v) is 7.22. The van der Waals surface area contributed by atoms with Crippen LogP contribution in [0.25, 0.3) is 0 Å². The first-order valence-corrected chi connectivity index (χ1v) is 15.9. The summed E-state index contributed by atoms with van der Waals surface area (Å²) in [6, 6.07) is 0.749. The lowest BCUT2D eigenvalue weighted by Crippen LogP contribution is -2.40. The van der Waals surface area contributed by atoms with Gasteiger partial charge in [-0.3, -0.25) is 9.36 Å². The Balaban J connectivity index is 1.50. The van der Waals surface area contributed by atoms with Crippen LogP contribution in [0.5, 0.6) is 0 Å². The number of hydrogen-bond donors (Lipinski definition) is 2. The second-order valence-corrected chi connectivity index (χ2v) is 11.0. The lowest BCUT2D eigenvalue weighted by atomic mass is 10.2. The van der Waals surface area contributed by atoms with Gasteiger partial charge in [0.1, 0.15) is 30.1 Å². The van der Waals surface area contributed by atoms with Crippen LogP contribution in [0, 0.1) is 0 Å². The number of thioether (sulfide) groups is 1. The maximum absolute atomic E-state index is 12.3. The van der Waals surface area contributed by atoms with Crippen molar-refractivity contribution in [1.29, 1.82) is 0 Å². The first-order valence-electron chi connectivity index (χ1n) is 14.9. The zero-order chi connectivity index (χ0) is 31.1. The Kier molecular flexibility index (Phi) is 18.2. The number of anilines is 1. The number of rotatable bonds is 19. The second-order valence-electron chi connectivity index (χ2n) is 9.77. The van der Waals surface area contributed by atoms with Crippen molar-refractivity contribution in [2.24, 2.45) is 0 Å². The van der Waals surface area contributed by atoms with Crippen LogP contribution < -0.4 is 16.7 Å². The van der Waals surface area contributed by atoms with E-state index in [1.807, 2.05) is 12.2 Å². The largest absolute Gasteiger partial charge is 0.460 e. The molecule has 1 aromatic rings. The molecule has 0 aliphatic carbocycles. The lowest BCUT2D eigenvalue weighted by molar-refractivity contribution is -0.150. The molecule has 9 nitrogen and oxygen atoms in total. The highest BCUT2D eigenvalue weighted by molar-refractivity contribution is 8.00. The first-order chi connectivity index (χ1) is 20.9. The normalized spacial score (nSPS) is 18.3. The summed E-state index contributed by atoms with van der Waals surface area (Å²) in [7, 11) is 0. The number of nitrogens with two attached hydrogens (primary N) is 1. The minimum Gasteiger partial charge on any atom is -0.460 e. The Labute approximate surface area is 259 Å². The number of ether oxygens (including phenoxy) is 2. The number of amides is 1. The molecule has 0 aromatic carbocycles. The molecular weight excluding hydrogens is 564 g/mol. The number of esters is 1. The smallest absolute Gasteiger partial charge is 0.351 e. The number of nitrogens with zero attached hydrogens (tertiary/aromatic N) is 2. The minimum absolute atomic E-state index is 0.00982. The molecule has 234 valence electrons. The van der Waals surface area contributed by atoms with Crippen molar-refractivity contribution >= 4 is 29.5 Å². The van der Waals surface area contributed by atoms with Gasteiger partial charge in [0.15, 0.2) is 0 Å². The maximum Gasteiger partial charge on any atom is 0.351 e. The molecule has 1 unspecified atom stereocenters. The van der Waals surface area contributed by atoms with Crippen LogP contribution in [-0.2, 0) is 19.1 Å². The Morgan fingerprint density at radius 2 is 1.58 bits per heavy atom. The molecule has 1 aliphatic heterocycles. The Morgan fingerprint density at radius 3 is 2.14 bits per heavy atom. The molecule has 10 heteroatoms. The predicted molar refractivity (Wildman–Crippen MR) is 175 cm³/mol. The fraction of sp³-hybridized carbons (Fsp3) is 0.455. The number of carbonyl (C=O) groups excluding carboxylic acids is 2. The maximum atomic E-state index is 12.3. The molecule has 0 radical (unpaired) electrons. The monoisotopic (exact) mass is 610 g/mol. The van der Waals surface area contributed by atoms with Crippen molar-refractivity contribution in [2.45, 2.75) is 82.9 Å². The highest BCUT2D eigenvalue weighted by atomic mass is 32.2. The van der Waals surface area contributed by atoms with Gasteiger partial charge in [-0.15, -0.1) is 11.8 Å². The molecule has 0 spiro atoms. The van der Waals surface area contributed by atoms with E-state index in [9.17, 15) is 14.4 Å². The third kappa shape index (κ3) is 16.0. The Hall–Kier alpha value is -3.63. The van der Waals surface area contributed by atoms with Gasteiger partial charge in [-0.25, -0.2) is 9.59 Å². The van der Waals surface area contributed by atoms with E-state index in [2.05, 4.69) is 78.0 Å². The van der Waals surface area contributed by atoms with Crippen LogP contribution in [0.1, 0.15) is 71.4 Å². The number of nitrogens with one attached hydrogen (secondary N) is 1. The summed E-state index contributed by atoms with van der Waals surface area (Å²) in [5.74, 6) is -0.105. The number of allylic oxidation sites excluding steroid dienone is 12. The van der Waals surface area contributed by atoms with Gasteiger partial charge in [-0.05, 0) is 57.9 Å². The molecular formula is C33H46N4O5S. The molecule has 3 atom stereocenters. The Bertz CT molecular complexity index is 1220. The van der Waals surface area contributed by atoms with Gasteiger partial charge < -0.3 is 20.5 Å². The average molecular weight is 611 g/mol. The summed E-state index contributed by atoms with van der Waals surface area (Å²) in [5.41, 5.74) is 4.60. The molecule has 2 rings (SSSR count). The van der Waals surface area contributed by atoms with Gasteiger partial charge in [-0.2, -0.15) is 4.98 Å². The summed E-state index contributed by atoms with van der Waals surface area (Å²) in [6.45, 7) is 3.74. The van der Waals surface area contributed by atoms with E-state index in [-0.39, 0.29) is 24.8 Å². The van der Waals surface area contributed by atoms with E-state index in [1.165, 1.54) is 28.6 Å². The van der Waals surface area contributed by atoms with Gasteiger partial charge in [-0.1, -0.05) is 79.8 Å². The number of carbonyl (C=O) groups is 2. The third-order valence-electron chi connectivity index (χ3n) is 6.12. The Morgan fingerprint density at radius 1 is 1.02 bits per heavy atom. The molecule has 1 saturated heterocycles. The van der Waals surface area contributed by atoms with Gasteiger partial charge >= 0.3 is 11.7 Å². The van der Waals surface area contributed by atoms with Gasteiger partial charge in [0.2, 0.25) is 5.91 Å². The zero-order valence-electron chi connectivity index (χ0n) is 25.3. The van der Waals surface area contributed by atoms with Gasteiger partial charge in [0.25, 0.3) is 0 Å². The molecule has 1 amide bonds. The molecule has 0 saturated carbocycles.